The number of carbonyl (C=O) groups is 3. The van der Waals surface area contributed by atoms with Crippen LogP contribution in [0.2, 0.25) is 0 Å². The fraction of sp³-hybridized carbons (Fsp3) is 0.318. The Morgan fingerprint density at radius 1 is 1.07 bits per heavy atom. The zero-order valence-electron chi connectivity index (χ0n) is 16.3. The highest BCUT2D eigenvalue weighted by atomic mass is 16.5. The molecule has 2 aliphatic rings. The number of ether oxygens (including phenoxy) is 2. The fourth-order valence-electron chi connectivity index (χ4n) is 3.73. The van der Waals surface area contributed by atoms with Gasteiger partial charge in [0, 0.05) is 0 Å². The number of imide groups is 1. The molecule has 4 rings (SSSR count). The van der Waals surface area contributed by atoms with Crippen molar-refractivity contribution in [3.63, 3.8) is 0 Å². The number of fused-ring (bicyclic) bond motifs is 1. The minimum atomic E-state index is -0.424. The van der Waals surface area contributed by atoms with Crippen LogP contribution in [-0.4, -0.2) is 60.4 Å². The van der Waals surface area contributed by atoms with Crippen LogP contribution in [0.4, 0.5) is 0 Å². The number of nitrogens with zero attached hydrogens (tertiary/aromatic N) is 2. The van der Waals surface area contributed by atoms with E-state index in [4.69, 9.17) is 9.47 Å². The standard InChI is InChI=1S/C22H22N2O5/c1-14-13-29-19(15-7-9-16(28-2)10-8-15)11-23(14)20(25)12-24-21(26)17-5-3-4-6-18(17)22(24)27/h3-10,14,19H,11-13H2,1-2H3. The van der Waals surface area contributed by atoms with E-state index in [1.54, 1.807) is 36.3 Å². The van der Waals surface area contributed by atoms with Crippen molar-refractivity contribution in [2.24, 2.45) is 0 Å². The van der Waals surface area contributed by atoms with E-state index in [0.29, 0.717) is 24.3 Å². The van der Waals surface area contributed by atoms with Crippen LogP contribution in [0.15, 0.2) is 48.5 Å². The highest BCUT2D eigenvalue weighted by molar-refractivity contribution is 6.22. The lowest BCUT2D eigenvalue weighted by Crippen LogP contribution is -2.52. The van der Waals surface area contributed by atoms with Crippen LogP contribution < -0.4 is 4.74 Å². The van der Waals surface area contributed by atoms with E-state index in [1.807, 2.05) is 31.2 Å². The van der Waals surface area contributed by atoms with Crippen LogP contribution in [-0.2, 0) is 9.53 Å². The first-order chi connectivity index (χ1) is 14.0. The largest absolute Gasteiger partial charge is 0.497 e. The van der Waals surface area contributed by atoms with E-state index in [-0.39, 0.29) is 24.6 Å². The number of carbonyl (C=O) groups excluding carboxylic acids is 3. The Bertz CT molecular complexity index is 921. The van der Waals surface area contributed by atoms with Gasteiger partial charge in [-0.3, -0.25) is 19.3 Å². The molecule has 150 valence electrons. The van der Waals surface area contributed by atoms with Gasteiger partial charge in [-0.1, -0.05) is 24.3 Å². The molecule has 0 bridgehead atoms. The average molecular weight is 394 g/mol. The van der Waals surface area contributed by atoms with Gasteiger partial charge in [-0.2, -0.15) is 0 Å². The van der Waals surface area contributed by atoms with Gasteiger partial charge in [0.05, 0.1) is 37.4 Å². The summed E-state index contributed by atoms with van der Waals surface area (Å²) in [6, 6.07) is 14.0. The summed E-state index contributed by atoms with van der Waals surface area (Å²) < 4.78 is 11.1. The lowest BCUT2D eigenvalue weighted by Gasteiger charge is -2.38. The smallest absolute Gasteiger partial charge is 0.262 e. The zero-order valence-corrected chi connectivity index (χ0v) is 16.3. The van der Waals surface area contributed by atoms with E-state index < -0.39 is 11.8 Å². The molecular formula is C22H22N2O5. The van der Waals surface area contributed by atoms with Crippen LogP contribution in [0, 0.1) is 0 Å². The van der Waals surface area contributed by atoms with E-state index in [0.717, 1.165) is 16.2 Å². The number of amides is 3. The van der Waals surface area contributed by atoms with Crippen molar-refractivity contribution < 1.29 is 23.9 Å². The molecule has 7 heteroatoms. The van der Waals surface area contributed by atoms with Crippen LogP contribution >= 0.6 is 0 Å². The molecule has 0 aromatic heterocycles. The molecule has 0 aliphatic carbocycles. The maximum Gasteiger partial charge on any atom is 0.262 e. The predicted octanol–water partition coefficient (Wildman–Crippen LogP) is 2.28. The van der Waals surface area contributed by atoms with Crippen molar-refractivity contribution >= 4 is 17.7 Å². The number of benzene rings is 2. The predicted molar refractivity (Wildman–Crippen MR) is 105 cm³/mol. The quantitative estimate of drug-likeness (QED) is 0.744. The van der Waals surface area contributed by atoms with Gasteiger partial charge in [0.1, 0.15) is 18.4 Å². The van der Waals surface area contributed by atoms with E-state index in [2.05, 4.69) is 0 Å². The normalized spacial score (nSPS) is 21.3. The average Bonchev–Trinajstić information content (AvgIpc) is 2.99. The number of methoxy groups -OCH3 is 1. The molecule has 2 aromatic rings. The van der Waals surface area contributed by atoms with Gasteiger partial charge in [-0.25, -0.2) is 0 Å². The molecule has 0 saturated carbocycles. The molecule has 2 unspecified atom stereocenters. The minimum absolute atomic E-state index is 0.146. The second-order valence-corrected chi connectivity index (χ2v) is 7.23. The Morgan fingerprint density at radius 2 is 1.69 bits per heavy atom. The van der Waals surface area contributed by atoms with Gasteiger partial charge in [0.15, 0.2) is 0 Å². The molecule has 1 saturated heterocycles. The van der Waals surface area contributed by atoms with Crippen LogP contribution in [0.5, 0.6) is 5.75 Å². The molecule has 7 nitrogen and oxygen atoms in total. The highest BCUT2D eigenvalue weighted by Gasteiger charge is 2.38. The Morgan fingerprint density at radius 3 is 2.28 bits per heavy atom. The topological polar surface area (TPSA) is 76.2 Å². The van der Waals surface area contributed by atoms with Gasteiger partial charge < -0.3 is 14.4 Å². The number of rotatable bonds is 4. The third-order valence-corrected chi connectivity index (χ3v) is 5.41. The number of morpholine rings is 1. The van der Waals surface area contributed by atoms with Crippen LogP contribution in [0.1, 0.15) is 39.3 Å². The molecule has 2 aliphatic heterocycles. The Kier molecular flexibility index (Phi) is 5.07. The van der Waals surface area contributed by atoms with Gasteiger partial charge in [-0.15, -0.1) is 0 Å². The maximum absolute atomic E-state index is 13.0. The summed E-state index contributed by atoms with van der Waals surface area (Å²) in [6.07, 6.45) is -0.275. The molecule has 3 amide bonds. The molecule has 0 N–H and O–H groups in total. The summed E-state index contributed by atoms with van der Waals surface area (Å²) in [5.41, 5.74) is 1.63. The lowest BCUT2D eigenvalue weighted by molar-refractivity contribution is -0.144. The Balaban J connectivity index is 1.47. The summed E-state index contributed by atoms with van der Waals surface area (Å²) in [4.78, 5) is 40.8. The molecule has 2 aromatic carbocycles. The van der Waals surface area contributed by atoms with Crippen molar-refractivity contribution in [3.8, 4) is 5.75 Å². The van der Waals surface area contributed by atoms with E-state index in [9.17, 15) is 14.4 Å². The first-order valence-electron chi connectivity index (χ1n) is 9.50. The van der Waals surface area contributed by atoms with Gasteiger partial charge in [0.25, 0.3) is 11.8 Å². The first kappa shape index (κ1) is 19.1. The number of hydrogen-bond acceptors (Lipinski definition) is 5. The summed E-state index contributed by atoms with van der Waals surface area (Å²) in [5.74, 6) is -0.372. The van der Waals surface area contributed by atoms with Crippen LogP contribution in [0.25, 0.3) is 0 Å². The molecule has 2 heterocycles. The fourth-order valence-corrected chi connectivity index (χ4v) is 3.73. The first-order valence-corrected chi connectivity index (χ1v) is 9.50. The molecule has 1 fully saturated rings. The van der Waals surface area contributed by atoms with E-state index in [1.165, 1.54) is 0 Å². The maximum atomic E-state index is 13.0. The SMILES string of the molecule is COc1ccc(C2CN(C(=O)CN3C(=O)c4ccccc4C3=O)C(C)CO2)cc1. The van der Waals surface area contributed by atoms with Crippen molar-refractivity contribution in [1.82, 2.24) is 9.80 Å². The van der Waals surface area contributed by atoms with Crippen molar-refractivity contribution in [2.75, 3.05) is 26.8 Å². The lowest BCUT2D eigenvalue weighted by atomic mass is 10.1. The highest BCUT2D eigenvalue weighted by Crippen LogP contribution is 2.27. The summed E-state index contributed by atoms with van der Waals surface area (Å²) >= 11 is 0. The van der Waals surface area contributed by atoms with Crippen molar-refractivity contribution in [3.05, 3.63) is 65.2 Å². The second kappa shape index (κ2) is 7.67. The molecule has 2 atom stereocenters. The number of hydrogen-bond donors (Lipinski definition) is 0. The Labute approximate surface area is 168 Å². The van der Waals surface area contributed by atoms with E-state index >= 15 is 0 Å². The molecule has 29 heavy (non-hydrogen) atoms. The second-order valence-electron chi connectivity index (χ2n) is 7.23. The monoisotopic (exact) mass is 394 g/mol. The molecule has 0 spiro atoms. The molecular weight excluding hydrogens is 372 g/mol. The summed E-state index contributed by atoms with van der Waals surface area (Å²) in [5, 5.41) is 0. The van der Waals surface area contributed by atoms with Crippen molar-refractivity contribution in [1.29, 1.82) is 0 Å². The summed E-state index contributed by atoms with van der Waals surface area (Å²) in [6.45, 7) is 2.36. The third-order valence-electron chi connectivity index (χ3n) is 5.41. The van der Waals surface area contributed by atoms with Gasteiger partial charge >= 0.3 is 0 Å². The van der Waals surface area contributed by atoms with Crippen LogP contribution in [0.3, 0.4) is 0 Å². The minimum Gasteiger partial charge on any atom is -0.497 e. The zero-order chi connectivity index (χ0) is 20.5. The van der Waals surface area contributed by atoms with Crippen molar-refractivity contribution in [2.45, 2.75) is 19.1 Å². The van der Waals surface area contributed by atoms with Gasteiger partial charge in [-0.05, 0) is 36.8 Å². The van der Waals surface area contributed by atoms with Gasteiger partial charge in [0.2, 0.25) is 5.91 Å². The summed E-state index contributed by atoms with van der Waals surface area (Å²) in [7, 11) is 1.60. The third kappa shape index (κ3) is 3.49. The Hall–Kier alpha value is -3.19. The molecule has 0 radical (unpaired) electrons.